The van der Waals surface area contributed by atoms with Crippen LogP contribution in [0.2, 0.25) is 0 Å². The zero-order valence-electron chi connectivity index (χ0n) is 9.58. The van der Waals surface area contributed by atoms with Gasteiger partial charge in [-0.25, -0.2) is 4.79 Å². The van der Waals surface area contributed by atoms with Crippen LogP contribution in [0.4, 0.5) is 4.79 Å². The van der Waals surface area contributed by atoms with Crippen molar-refractivity contribution in [2.75, 3.05) is 6.54 Å². The Labute approximate surface area is 91.8 Å². The number of carbonyl (C=O) groups is 2. The first kappa shape index (κ1) is 13.9. The Morgan fingerprint density at radius 2 is 1.67 bits per heavy atom. The fourth-order valence-electron chi connectivity index (χ4n) is 1.45. The molecule has 3 amide bonds. The largest absolute Gasteiger partial charge is 0.351 e. The van der Waals surface area contributed by atoms with Crippen molar-refractivity contribution in [1.29, 1.82) is 0 Å². The fraction of sp³-hybridized carbons (Fsp3) is 0.818. The highest BCUT2D eigenvalue weighted by atomic mass is 16.2. The number of unbranched alkanes of at least 4 members (excludes halogenated alkanes) is 6. The molecule has 0 bridgehead atoms. The molecule has 4 heteroatoms. The number of primary amides is 1. The van der Waals surface area contributed by atoms with Crippen molar-refractivity contribution in [2.24, 2.45) is 5.73 Å². The van der Waals surface area contributed by atoms with Crippen LogP contribution in [0.3, 0.4) is 0 Å². The van der Waals surface area contributed by atoms with Crippen LogP contribution < -0.4 is 5.73 Å². The first-order chi connectivity index (χ1) is 7.22. The Hall–Kier alpha value is -1.06. The van der Waals surface area contributed by atoms with Crippen LogP contribution in [-0.2, 0) is 4.79 Å². The quantitative estimate of drug-likeness (QED) is 0.472. The molecular weight excluding hydrogens is 192 g/mol. The number of nitrogens with zero attached hydrogens (tertiary/aromatic N) is 1. The van der Waals surface area contributed by atoms with Crippen molar-refractivity contribution < 1.29 is 9.59 Å². The molecule has 0 aliphatic carbocycles. The van der Waals surface area contributed by atoms with E-state index in [0.717, 1.165) is 17.7 Å². The van der Waals surface area contributed by atoms with E-state index in [9.17, 15) is 9.59 Å². The van der Waals surface area contributed by atoms with Gasteiger partial charge in [-0.2, -0.15) is 0 Å². The van der Waals surface area contributed by atoms with Crippen molar-refractivity contribution in [3.8, 4) is 0 Å². The Kier molecular flexibility index (Phi) is 8.82. The molecule has 88 valence electrons. The molecule has 0 saturated carbocycles. The molecule has 0 fully saturated rings. The number of urea groups is 1. The molecule has 15 heavy (non-hydrogen) atoms. The molecule has 0 unspecified atom stereocenters. The third-order valence-electron chi connectivity index (χ3n) is 2.41. The Bertz CT molecular complexity index is 183. The zero-order valence-corrected chi connectivity index (χ0v) is 9.58. The van der Waals surface area contributed by atoms with E-state index in [4.69, 9.17) is 5.73 Å². The lowest BCUT2D eigenvalue weighted by atomic mass is 10.1. The predicted molar refractivity (Wildman–Crippen MR) is 60.3 cm³/mol. The SMILES string of the molecule is CCCCCCCCCN(C=O)C(N)=O. The van der Waals surface area contributed by atoms with Crippen LogP contribution in [0.1, 0.15) is 51.9 Å². The Morgan fingerprint density at radius 1 is 1.13 bits per heavy atom. The summed E-state index contributed by atoms with van der Waals surface area (Å²) in [4.78, 5) is 22.0. The van der Waals surface area contributed by atoms with Crippen LogP contribution in [0.25, 0.3) is 0 Å². The molecule has 0 atom stereocenters. The topological polar surface area (TPSA) is 63.4 Å². The third kappa shape index (κ3) is 7.97. The molecular formula is C11H22N2O2. The second-order valence-corrected chi connectivity index (χ2v) is 3.76. The maximum atomic E-state index is 10.7. The van der Waals surface area contributed by atoms with Gasteiger partial charge in [-0.15, -0.1) is 0 Å². The molecule has 0 spiro atoms. The van der Waals surface area contributed by atoms with Gasteiger partial charge in [0, 0.05) is 6.54 Å². The predicted octanol–water partition coefficient (Wildman–Crippen LogP) is 2.27. The molecule has 0 aromatic carbocycles. The van der Waals surface area contributed by atoms with Gasteiger partial charge < -0.3 is 5.73 Å². The maximum absolute atomic E-state index is 10.7. The molecule has 0 aliphatic heterocycles. The van der Waals surface area contributed by atoms with Crippen molar-refractivity contribution in [1.82, 2.24) is 4.90 Å². The highest BCUT2D eigenvalue weighted by molar-refractivity contribution is 5.83. The van der Waals surface area contributed by atoms with Crippen LogP contribution in [-0.4, -0.2) is 23.9 Å². The average Bonchev–Trinajstić information content (AvgIpc) is 2.21. The van der Waals surface area contributed by atoms with Gasteiger partial charge in [0.15, 0.2) is 0 Å². The minimum Gasteiger partial charge on any atom is -0.351 e. The van der Waals surface area contributed by atoms with Gasteiger partial charge in [0.1, 0.15) is 0 Å². The monoisotopic (exact) mass is 214 g/mol. The lowest BCUT2D eigenvalue weighted by molar-refractivity contribution is -0.115. The summed E-state index contributed by atoms with van der Waals surface area (Å²) in [7, 11) is 0. The fourth-order valence-corrected chi connectivity index (χ4v) is 1.45. The van der Waals surface area contributed by atoms with Gasteiger partial charge in [-0.1, -0.05) is 45.4 Å². The summed E-state index contributed by atoms with van der Waals surface area (Å²) in [6.45, 7) is 2.64. The smallest absolute Gasteiger partial charge is 0.321 e. The van der Waals surface area contributed by atoms with E-state index in [1.165, 1.54) is 32.1 Å². The van der Waals surface area contributed by atoms with Crippen molar-refractivity contribution in [3.63, 3.8) is 0 Å². The molecule has 0 rings (SSSR count). The summed E-state index contributed by atoms with van der Waals surface area (Å²) in [6.07, 6.45) is 8.65. The zero-order chi connectivity index (χ0) is 11.5. The summed E-state index contributed by atoms with van der Waals surface area (Å²) in [5.41, 5.74) is 4.98. The number of rotatable bonds is 9. The van der Waals surface area contributed by atoms with E-state index in [-0.39, 0.29) is 0 Å². The number of carbonyl (C=O) groups excluding carboxylic acids is 2. The maximum Gasteiger partial charge on any atom is 0.321 e. The normalized spacial score (nSPS) is 9.93. The molecule has 0 heterocycles. The van der Waals surface area contributed by atoms with Crippen molar-refractivity contribution in [3.05, 3.63) is 0 Å². The minimum atomic E-state index is -0.656. The van der Waals surface area contributed by atoms with Crippen LogP contribution in [0, 0.1) is 0 Å². The lowest BCUT2D eigenvalue weighted by Gasteiger charge is -2.11. The van der Waals surface area contributed by atoms with Gasteiger partial charge in [-0.05, 0) is 6.42 Å². The summed E-state index contributed by atoms with van der Waals surface area (Å²) in [5, 5.41) is 0. The molecule has 4 nitrogen and oxygen atoms in total. The second kappa shape index (κ2) is 9.49. The molecule has 0 aliphatic rings. The summed E-state index contributed by atoms with van der Waals surface area (Å²) in [5.74, 6) is 0. The highest BCUT2D eigenvalue weighted by Gasteiger charge is 2.05. The number of hydrogen-bond donors (Lipinski definition) is 1. The third-order valence-corrected chi connectivity index (χ3v) is 2.41. The van der Waals surface area contributed by atoms with Crippen molar-refractivity contribution in [2.45, 2.75) is 51.9 Å². The Morgan fingerprint density at radius 3 is 2.13 bits per heavy atom. The van der Waals surface area contributed by atoms with E-state index >= 15 is 0 Å². The number of nitrogens with two attached hydrogens (primary N) is 1. The first-order valence-corrected chi connectivity index (χ1v) is 5.73. The molecule has 0 radical (unpaired) electrons. The van der Waals surface area contributed by atoms with E-state index in [1.807, 2.05) is 0 Å². The molecule has 0 aromatic rings. The standard InChI is InChI=1S/C11H22N2O2/c1-2-3-4-5-6-7-8-9-13(10-14)11(12)15/h10H,2-9H2,1H3,(H2,12,15). The lowest BCUT2D eigenvalue weighted by Crippen LogP contribution is -2.35. The van der Waals surface area contributed by atoms with E-state index in [0.29, 0.717) is 13.0 Å². The van der Waals surface area contributed by atoms with E-state index < -0.39 is 6.03 Å². The summed E-state index contributed by atoms with van der Waals surface area (Å²) < 4.78 is 0. The number of imide groups is 1. The van der Waals surface area contributed by atoms with E-state index in [1.54, 1.807) is 0 Å². The minimum absolute atomic E-state index is 0.451. The van der Waals surface area contributed by atoms with Crippen molar-refractivity contribution >= 4 is 12.4 Å². The van der Waals surface area contributed by atoms with Gasteiger partial charge >= 0.3 is 6.03 Å². The molecule has 2 N–H and O–H groups in total. The second-order valence-electron chi connectivity index (χ2n) is 3.76. The average molecular weight is 214 g/mol. The van der Waals surface area contributed by atoms with Crippen LogP contribution in [0.5, 0.6) is 0 Å². The van der Waals surface area contributed by atoms with Gasteiger partial charge in [-0.3, -0.25) is 9.69 Å². The Balaban J connectivity index is 3.29. The number of amides is 3. The van der Waals surface area contributed by atoms with Gasteiger partial charge in [0.25, 0.3) is 0 Å². The molecule has 0 aromatic heterocycles. The van der Waals surface area contributed by atoms with Gasteiger partial charge in [0.2, 0.25) is 6.41 Å². The highest BCUT2D eigenvalue weighted by Crippen LogP contribution is 2.07. The van der Waals surface area contributed by atoms with Crippen LogP contribution >= 0.6 is 0 Å². The summed E-state index contributed by atoms with van der Waals surface area (Å²) in [6, 6.07) is -0.656. The van der Waals surface area contributed by atoms with Gasteiger partial charge in [0.05, 0.1) is 0 Å². The molecule has 0 saturated heterocycles. The van der Waals surface area contributed by atoms with Crippen LogP contribution in [0.15, 0.2) is 0 Å². The van der Waals surface area contributed by atoms with E-state index in [2.05, 4.69) is 6.92 Å². The first-order valence-electron chi connectivity index (χ1n) is 5.73. The summed E-state index contributed by atoms with van der Waals surface area (Å²) >= 11 is 0. The number of hydrogen-bond acceptors (Lipinski definition) is 2.